The topological polar surface area (TPSA) is 151 Å². The molecule has 0 radical (unpaired) electrons. The fourth-order valence-corrected chi connectivity index (χ4v) is 3.46. The molecule has 3 N–H and O–H groups in total. The molecule has 3 aromatic carbocycles. The summed E-state index contributed by atoms with van der Waals surface area (Å²) in [6.45, 7) is 1.25. The van der Waals surface area contributed by atoms with E-state index in [-0.39, 0.29) is 39.7 Å². The molecule has 0 unspecified atom stereocenters. The number of carbonyl (C=O) groups excluding carboxylic acids is 4. The second kappa shape index (κ2) is 12.8. The van der Waals surface area contributed by atoms with E-state index in [2.05, 4.69) is 16.2 Å². The maximum atomic E-state index is 12.8. The molecule has 3 aromatic rings. The van der Waals surface area contributed by atoms with E-state index in [9.17, 15) is 19.2 Å². The molecule has 12 heteroatoms. The minimum Gasteiger partial charge on any atom is -0.493 e. The van der Waals surface area contributed by atoms with Gasteiger partial charge in [0, 0.05) is 29.3 Å². The maximum Gasteiger partial charge on any atom is 0.308 e. The van der Waals surface area contributed by atoms with Gasteiger partial charge in [-0.2, -0.15) is 0 Å². The third-order valence-electron chi connectivity index (χ3n) is 5.28. The second-order valence-corrected chi connectivity index (χ2v) is 7.82. The van der Waals surface area contributed by atoms with Gasteiger partial charge in [-0.15, -0.1) is 0 Å². The van der Waals surface area contributed by atoms with Gasteiger partial charge in [0.15, 0.2) is 23.0 Å². The first-order chi connectivity index (χ1) is 18.7. The Balaban J connectivity index is 1.68. The number of carbonyl (C=O) groups is 4. The van der Waals surface area contributed by atoms with E-state index in [1.165, 1.54) is 77.8 Å². The number of ether oxygens (including phenoxy) is 5. The van der Waals surface area contributed by atoms with E-state index in [0.717, 1.165) is 0 Å². The number of benzene rings is 3. The Morgan fingerprint density at radius 3 is 1.72 bits per heavy atom. The number of methoxy groups -OCH3 is 4. The number of hydrogen-bond acceptors (Lipinski definition) is 9. The van der Waals surface area contributed by atoms with E-state index in [1.807, 2.05) is 0 Å². The predicted octanol–water partition coefficient (Wildman–Crippen LogP) is 2.97. The van der Waals surface area contributed by atoms with E-state index in [4.69, 9.17) is 23.7 Å². The summed E-state index contributed by atoms with van der Waals surface area (Å²) in [5, 5.41) is 2.68. The monoisotopic (exact) mass is 537 g/mol. The van der Waals surface area contributed by atoms with Gasteiger partial charge in [0.2, 0.25) is 5.75 Å². The van der Waals surface area contributed by atoms with Crippen LogP contribution in [0.25, 0.3) is 0 Å². The molecule has 0 aromatic heterocycles. The van der Waals surface area contributed by atoms with Gasteiger partial charge in [0.25, 0.3) is 17.7 Å². The van der Waals surface area contributed by atoms with Crippen molar-refractivity contribution in [2.45, 2.75) is 6.92 Å². The van der Waals surface area contributed by atoms with Crippen molar-refractivity contribution in [3.05, 3.63) is 71.3 Å². The molecule has 3 rings (SSSR count). The van der Waals surface area contributed by atoms with Crippen molar-refractivity contribution in [2.24, 2.45) is 0 Å². The summed E-state index contributed by atoms with van der Waals surface area (Å²) in [6.07, 6.45) is 0. The summed E-state index contributed by atoms with van der Waals surface area (Å²) in [7, 11) is 5.66. The van der Waals surface area contributed by atoms with Crippen LogP contribution in [-0.4, -0.2) is 52.1 Å². The van der Waals surface area contributed by atoms with Gasteiger partial charge in [-0.1, -0.05) is 6.07 Å². The molecule has 0 aliphatic heterocycles. The lowest BCUT2D eigenvalue weighted by Crippen LogP contribution is -2.41. The molecule has 12 nitrogen and oxygen atoms in total. The second-order valence-electron chi connectivity index (χ2n) is 7.82. The van der Waals surface area contributed by atoms with Crippen LogP contribution in [0.2, 0.25) is 0 Å². The molecule has 0 bridgehead atoms. The Morgan fingerprint density at radius 1 is 0.590 bits per heavy atom. The molecule has 0 spiro atoms. The summed E-state index contributed by atoms with van der Waals surface area (Å²) in [6, 6.07) is 13.3. The van der Waals surface area contributed by atoms with Crippen LogP contribution in [0.3, 0.4) is 0 Å². The zero-order chi connectivity index (χ0) is 28.5. The number of esters is 1. The van der Waals surface area contributed by atoms with Crippen molar-refractivity contribution in [3.63, 3.8) is 0 Å². The molecule has 204 valence electrons. The minimum absolute atomic E-state index is 0.154. The lowest BCUT2D eigenvalue weighted by Gasteiger charge is -2.14. The number of nitrogens with one attached hydrogen (secondary N) is 3. The average Bonchev–Trinajstić information content (AvgIpc) is 2.94. The van der Waals surface area contributed by atoms with Crippen molar-refractivity contribution in [2.75, 3.05) is 33.8 Å². The summed E-state index contributed by atoms with van der Waals surface area (Å²) >= 11 is 0. The Morgan fingerprint density at radius 2 is 1.15 bits per heavy atom. The highest BCUT2D eigenvalue weighted by atomic mass is 16.6. The third-order valence-corrected chi connectivity index (χ3v) is 5.28. The normalized spacial score (nSPS) is 10.1. The molecule has 0 fully saturated rings. The Kier molecular flexibility index (Phi) is 9.30. The van der Waals surface area contributed by atoms with Gasteiger partial charge in [-0.25, -0.2) is 0 Å². The molecule has 39 heavy (non-hydrogen) atoms. The van der Waals surface area contributed by atoms with E-state index in [1.54, 1.807) is 12.1 Å². The first kappa shape index (κ1) is 28.3. The SMILES string of the molecule is COc1cc(C(=O)Nc2cccc(C(=O)NNC(=O)c3cc(OC)c(OC)c(OC)c3)c2)ccc1OC(C)=O. The first-order valence-electron chi connectivity index (χ1n) is 11.4. The Bertz CT molecular complexity index is 1380. The van der Waals surface area contributed by atoms with Crippen LogP contribution in [0.1, 0.15) is 38.0 Å². The fraction of sp³-hybridized carbons (Fsp3) is 0.185. The minimum atomic E-state index is -0.627. The van der Waals surface area contributed by atoms with Crippen molar-refractivity contribution in [1.29, 1.82) is 0 Å². The van der Waals surface area contributed by atoms with Gasteiger partial charge in [-0.3, -0.25) is 30.0 Å². The number of amides is 3. The Hall–Kier alpha value is -5.26. The summed E-state index contributed by atoms with van der Waals surface area (Å²) in [4.78, 5) is 49.3. The Labute approximate surface area is 224 Å². The van der Waals surface area contributed by atoms with Crippen LogP contribution in [0.15, 0.2) is 54.6 Å². The highest BCUT2D eigenvalue weighted by molar-refractivity contribution is 6.06. The van der Waals surface area contributed by atoms with Crippen LogP contribution in [0, 0.1) is 0 Å². The predicted molar refractivity (Wildman–Crippen MR) is 140 cm³/mol. The smallest absolute Gasteiger partial charge is 0.308 e. The first-order valence-corrected chi connectivity index (χ1v) is 11.4. The highest BCUT2D eigenvalue weighted by Crippen LogP contribution is 2.38. The van der Waals surface area contributed by atoms with Crippen LogP contribution in [-0.2, 0) is 4.79 Å². The van der Waals surface area contributed by atoms with Crippen molar-refractivity contribution in [3.8, 4) is 28.7 Å². The van der Waals surface area contributed by atoms with Crippen molar-refractivity contribution >= 4 is 29.4 Å². The molecule has 0 aliphatic rings. The standard InChI is InChI=1S/C27H27N3O9/c1-15(31)39-20-10-9-17(12-21(20)35-2)25(32)28-19-8-6-7-16(11-19)26(33)29-30-27(34)18-13-22(36-3)24(38-5)23(14-18)37-4/h6-14H,1-5H3,(H,28,32)(H,29,33)(H,30,34). The summed E-state index contributed by atoms with van der Waals surface area (Å²) in [5.41, 5.74) is 5.53. The van der Waals surface area contributed by atoms with E-state index >= 15 is 0 Å². The fourth-order valence-electron chi connectivity index (χ4n) is 3.46. The lowest BCUT2D eigenvalue weighted by molar-refractivity contribution is -0.132. The largest absolute Gasteiger partial charge is 0.493 e. The maximum absolute atomic E-state index is 12.8. The zero-order valence-corrected chi connectivity index (χ0v) is 21.9. The van der Waals surface area contributed by atoms with Gasteiger partial charge in [0.05, 0.1) is 28.4 Å². The third kappa shape index (κ3) is 6.95. The van der Waals surface area contributed by atoms with Gasteiger partial charge in [-0.05, 0) is 48.5 Å². The molecule has 0 saturated heterocycles. The van der Waals surface area contributed by atoms with Gasteiger partial charge >= 0.3 is 5.97 Å². The summed E-state index contributed by atoms with van der Waals surface area (Å²) in [5.74, 6) is -1.03. The van der Waals surface area contributed by atoms with Gasteiger partial charge in [0.1, 0.15) is 0 Å². The molecular weight excluding hydrogens is 510 g/mol. The van der Waals surface area contributed by atoms with E-state index in [0.29, 0.717) is 11.4 Å². The number of hydrazine groups is 1. The quantitative estimate of drug-likeness (QED) is 0.213. The molecule has 0 heterocycles. The zero-order valence-electron chi connectivity index (χ0n) is 21.9. The van der Waals surface area contributed by atoms with Crippen molar-refractivity contribution < 1.29 is 42.9 Å². The van der Waals surface area contributed by atoms with Crippen LogP contribution in [0.4, 0.5) is 5.69 Å². The molecule has 3 amide bonds. The average molecular weight is 538 g/mol. The summed E-state index contributed by atoms with van der Waals surface area (Å²) < 4.78 is 26.0. The number of anilines is 1. The van der Waals surface area contributed by atoms with Crippen LogP contribution >= 0.6 is 0 Å². The molecular formula is C27H27N3O9. The molecule has 0 aliphatic carbocycles. The van der Waals surface area contributed by atoms with Gasteiger partial charge < -0.3 is 29.0 Å². The lowest BCUT2D eigenvalue weighted by atomic mass is 10.1. The van der Waals surface area contributed by atoms with Crippen LogP contribution < -0.4 is 39.9 Å². The highest BCUT2D eigenvalue weighted by Gasteiger charge is 2.18. The van der Waals surface area contributed by atoms with Crippen LogP contribution in [0.5, 0.6) is 28.7 Å². The molecule has 0 saturated carbocycles. The number of hydrogen-bond donors (Lipinski definition) is 3. The number of rotatable bonds is 9. The van der Waals surface area contributed by atoms with Crippen molar-refractivity contribution in [1.82, 2.24) is 10.9 Å². The van der Waals surface area contributed by atoms with E-state index < -0.39 is 23.7 Å². The molecule has 0 atom stereocenters.